The molecule has 34 heavy (non-hydrogen) atoms. The van der Waals surface area contributed by atoms with Crippen LogP contribution in [-0.2, 0) is 9.53 Å². The monoisotopic (exact) mass is 491 g/mol. The lowest BCUT2D eigenvalue weighted by Gasteiger charge is -2.37. The highest BCUT2D eigenvalue weighted by molar-refractivity contribution is 6.33. The molecular formula is C23H27ClFN5O4. The van der Waals surface area contributed by atoms with Gasteiger partial charge in [0.1, 0.15) is 11.5 Å². The number of nitrogens with one attached hydrogen (secondary N) is 2. The molecule has 4 rings (SSSR count). The molecule has 2 heterocycles. The van der Waals surface area contributed by atoms with Gasteiger partial charge in [-0.3, -0.25) is 14.4 Å². The van der Waals surface area contributed by atoms with Gasteiger partial charge in [0.2, 0.25) is 5.91 Å². The van der Waals surface area contributed by atoms with Gasteiger partial charge in [-0.1, -0.05) is 11.6 Å². The summed E-state index contributed by atoms with van der Waals surface area (Å²) in [4.78, 5) is 46.2. The Labute approximate surface area is 201 Å². The number of hydrogen-bond donors (Lipinski definition) is 3. The molecule has 11 heteroatoms. The Morgan fingerprint density at radius 2 is 2.00 bits per heavy atom. The van der Waals surface area contributed by atoms with Gasteiger partial charge in [-0.05, 0) is 56.7 Å². The third-order valence-electron chi connectivity index (χ3n) is 6.47. The molecule has 3 amide bonds. The summed E-state index contributed by atoms with van der Waals surface area (Å²) in [5.74, 6) is -2.05. The molecule has 182 valence electrons. The number of carbonyl (C=O) groups excluding carboxylic acids is 3. The van der Waals surface area contributed by atoms with Gasteiger partial charge < -0.3 is 25.7 Å². The van der Waals surface area contributed by atoms with Crippen molar-refractivity contribution in [3.05, 3.63) is 46.8 Å². The van der Waals surface area contributed by atoms with E-state index in [1.807, 2.05) is 0 Å². The molecule has 9 nitrogen and oxygen atoms in total. The number of aromatic amines is 1. The molecule has 0 spiro atoms. The second-order valence-corrected chi connectivity index (χ2v) is 9.11. The highest BCUT2D eigenvalue weighted by atomic mass is 35.5. The van der Waals surface area contributed by atoms with Crippen LogP contribution in [-0.4, -0.2) is 57.9 Å². The van der Waals surface area contributed by atoms with E-state index in [9.17, 15) is 18.8 Å². The Morgan fingerprint density at radius 1 is 1.24 bits per heavy atom. The van der Waals surface area contributed by atoms with Crippen LogP contribution in [0.3, 0.4) is 0 Å². The standard InChI is InChI=1S/C23H27ClFN5O4/c24-17-10-14(25)5-8-18(17)29-22(32)13-3-6-15(7-4-13)30(11-16-2-1-9-34-16)23(33)20-19(21(26)31)27-12-28-20/h5,8,10,12-13,15-16H,1-4,6-7,9,11H2,(H2,26,31)(H,27,28)(H,29,32)/t13?,15?,16-/m0/s1. The predicted molar refractivity (Wildman–Crippen MR) is 123 cm³/mol. The SMILES string of the molecule is NC(=O)c1nc[nH]c1C(=O)N(C[C@@H]1CCCO1)C1CCC(C(=O)Nc2ccc(F)cc2Cl)CC1. The minimum atomic E-state index is -0.776. The summed E-state index contributed by atoms with van der Waals surface area (Å²) >= 11 is 6.03. The van der Waals surface area contributed by atoms with Gasteiger partial charge >= 0.3 is 0 Å². The smallest absolute Gasteiger partial charge is 0.273 e. The lowest BCUT2D eigenvalue weighted by molar-refractivity contribution is -0.121. The summed E-state index contributed by atoms with van der Waals surface area (Å²) in [5.41, 5.74) is 5.72. The molecule has 2 aliphatic rings. The van der Waals surface area contributed by atoms with Gasteiger partial charge in [0.15, 0.2) is 5.69 Å². The van der Waals surface area contributed by atoms with Crippen LogP contribution >= 0.6 is 11.6 Å². The van der Waals surface area contributed by atoms with E-state index in [-0.39, 0.29) is 46.3 Å². The zero-order valence-corrected chi connectivity index (χ0v) is 19.3. The Balaban J connectivity index is 1.43. The quantitative estimate of drug-likeness (QED) is 0.547. The Morgan fingerprint density at radius 3 is 2.65 bits per heavy atom. The number of nitrogens with zero attached hydrogens (tertiary/aromatic N) is 2. The minimum absolute atomic E-state index is 0.0660. The van der Waals surface area contributed by atoms with E-state index in [1.165, 1.54) is 18.5 Å². The molecule has 2 aromatic rings. The number of rotatable bonds is 7. The van der Waals surface area contributed by atoms with Gasteiger partial charge in [0.25, 0.3) is 11.8 Å². The number of halogens is 2. The van der Waals surface area contributed by atoms with Crippen molar-refractivity contribution in [3.8, 4) is 0 Å². The molecule has 1 saturated carbocycles. The Hall–Kier alpha value is -2.98. The second-order valence-electron chi connectivity index (χ2n) is 8.70. The van der Waals surface area contributed by atoms with Crippen molar-refractivity contribution in [2.45, 2.75) is 50.7 Å². The summed E-state index contributed by atoms with van der Waals surface area (Å²) in [6, 6.07) is 3.70. The van der Waals surface area contributed by atoms with E-state index in [0.29, 0.717) is 44.5 Å². The van der Waals surface area contributed by atoms with Gasteiger partial charge in [-0.2, -0.15) is 0 Å². The third kappa shape index (κ3) is 5.39. The number of H-pyrrole nitrogens is 1. The van der Waals surface area contributed by atoms with E-state index in [2.05, 4.69) is 15.3 Å². The molecule has 0 unspecified atom stereocenters. The summed E-state index contributed by atoms with van der Waals surface area (Å²) < 4.78 is 19.0. The largest absolute Gasteiger partial charge is 0.376 e. The van der Waals surface area contributed by atoms with Crippen molar-refractivity contribution in [2.75, 3.05) is 18.5 Å². The number of carbonyl (C=O) groups is 3. The Kier molecular flexibility index (Phi) is 7.47. The molecule has 1 atom stereocenters. The average molecular weight is 492 g/mol. The summed E-state index contributed by atoms with van der Waals surface area (Å²) in [6.45, 7) is 1.05. The number of aromatic nitrogens is 2. The summed E-state index contributed by atoms with van der Waals surface area (Å²) in [7, 11) is 0. The fraction of sp³-hybridized carbons (Fsp3) is 0.478. The first-order valence-electron chi connectivity index (χ1n) is 11.3. The minimum Gasteiger partial charge on any atom is -0.376 e. The maximum atomic E-state index is 13.4. The van der Waals surface area contributed by atoms with Crippen molar-refractivity contribution in [3.63, 3.8) is 0 Å². The number of hydrogen-bond acceptors (Lipinski definition) is 5. The summed E-state index contributed by atoms with van der Waals surface area (Å²) in [6.07, 6.45) is 5.33. The third-order valence-corrected chi connectivity index (χ3v) is 6.78. The molecule has 1 aromatic heterocycles. The zero-order valence-electron chi connectivity index (χ0n) is 18.6. The first-order chi connectivity index (χ1) is 16.3. The number of anilines is 1. The van der Waals surface area contributed by atoms with Crippen LogP contribution in [0.1, 0.15) is 59.5 Å². The van der Waals surface area contributed by atoms with Crippen LogP contribution in [0.25, 0.3) is 0 Å². The second kappa shape index (κ2) is 10.5. The van der Waals surface area contributed by atoms with Crippen LogP contribution in [0.15, 0.2) is 24.5 Å². The van der Waals surface area contributed by atoms with E-state index < -0.39 is 11.7 Å². The predicted octanol–water partition coefficient (Wildman–Crippen LogP) is 3.12. The van der Waals surface area contributed by atoms with Crippen molar-refractivity contribution in [1.29, 1.82) is 0 Å². The average Bonchev–Trinajstić information content (AvgIpc) is 3.51. The molecule has 1 aliphatic heterocycles. The van der Waals surface area contributed by atoms with Crippen molar-refractivity contribution in [2.24, 2.45) is 11.7 Å². The lowest BCUT2D eigenvalue weighted by Crippen LogP contribution is -2.47. The lowest BCUT2D eigenvalue weighted by atomic mass is 9.84. The van der Waals surface area contributed by atoms with Gasteiger partial charge in [-0.15, -0.1) is 0 Å². The normalized spacial score (nSPS) is 22.4. The van der Waals surface area contributed by atoms with Gasteiger partial charge in [-0.25, -0.2) is 9.37 Å². The topological polar surface area (TPSA) is 130 Å². The number of imidazole rings is 1. The van der Waals surface area contributed by atoms with Crippen molar-refractivity contribution in [1.82, 2.24) is 14.9 Å². The molecule has 0 bridgehead atoms. The van der Waals surface area contributed by atoms with E-state index in [1.54, 1.807) is 4.90 Å². The van der Waals surface area contributed by atoms with Crippen LogP contribution in [0.5, 0.6) is 0 Å². The molecule has 1 aromatic carbocycles. The van der Waals surface area contributed by atoms with Gasteiger partial charge in [0.05, 0.1) is 23.1 Å². The maximum absolute atomic E-state index is 13.4. The van der Waals surface area contributed by atoms with Crippen LogP contribution in [0, 0.1) is 11.7 Å². The van der Waals surface area contributed by atoms with Crippen molar-refractivity contribution < 1.29 is 23.5 Å². The fourth-order valence-corrected chi connectivity index (χ4v) is 4.88. The first-order valence-corrected chi connectivity index (χ1v) is 11.7. The molecule has 2 fully saturated rings. The van der Waals surface area contributed by atoms with E-state index in [4.69, 9.17) is 22.1 Å². The van der Waals surface area contributed by atoms with Gasteiger partial charge in [0, 0.05) is 25.1 Å². The highest BCUT2D eigenvalue weighted by Crippen LogP contribution is 2.31. The van der Waals surface area contributed by atoms with Crippen LogP contribution in [0.2, 0.25) is 5.02 Å². The van der Waals surface area contributed by atoms with E-state index in [0.717, 1.165) is 18.9 Å². The maximum Gasteiger partial charge on any atom is 0.273 e. The molecule has 0 radical (unpaired) electrons. The van der Waals surface area contributed by atoms with E-state index >= 15 is 0 Å². The first kappa shape index (κ1) is 24.2. The number of primary amides is 1. The molecule has 1 saturated heterocycles. The number of amides is 3. The zero-order chi connectivity index (χ0) is 24.2. The fourth-order valence-electron chi connectivity index (χ4n) is 4.67. The highest BCUT2D eigenvalue weighted by Gasteiger charge is 2.35. The Bertz CT molecular complexity index is 1060. The molecular weight excluding hydrogens is 465 g/mol. The number of nitrogens with two attached hydrogens (primary N) is 1. The molecule has 1 aliphatic carbocycles. The van der Waals surface area contributed by atoms with Crippen LogP contribution < -0.4 is 11.1 Å². The molecule has 4 N–H and O–H groups in total. The summed E-state index contributed by atoms with van der Waals surface area (Å²) in [5, 5.41) is 2.91. The number of benzene rings is 1. The van der Waals surface area contributed by atoms with Crippen LogP contribution in [0.4, 0.5) is 10.1 Å². The number of ether oxygens (including phenoxy) is 1. The van der Waals surface area contributed by atoms with Crippen molar-refractivity contribution >= 4 is 35.0 Å².